The molecule has 3 rings (SSSR count). The SMILES string of the molecule is CC(NC(=O)c1cn(C2CCNCC2)nn1)C1CC1.Cl. The van der Waals surface area contributed by atoms with E-state index in [0.29, 0.717) is 17.7 Å². The molecule has 1 saturated heterocycles. The first-order chi connectivity index (χ1) is 9.24. The second kappa shape index (κ2) is 6.54. The van der Waals surface area contributed by atoms with E-state index in [9.17, 15) is 4.79 Å². The fourth-order valence-electron chi connectivity index (χ4n) is 2.63. The van der Waals surface area contributed by atoms with Crippen molar-refractivity contribution in [2.75, 3.05) is 13.1 Å². The van der Waals surface area contributed by atoms with E-state index in [1.54, 1.807) is 6.20 Å². The molecular weight excluding hydrogens is 278 g/mol. The summed E-state index contributed by atoms with van der Waals surface area (Å²) >= 11 is 0. The van der Waals surface area contributed by atoms with Gasteiger partial charge in [0.2, 0.25) is 0 Å². The van der Waals surface area contributed by atoms with Gasteiger partial charge in [-0.05, 0) is 51.6 Å². The van der Waals surface area contributed by atoms with Crippen molar-refractivity contribution < 1.29 is 4.79 Å². The molecule has 2 aliphatic rings. The zero-order valence-electron chi connectivity index (χ0n) is 11.7. The van der Waals surface area contributed by atoms with Crippen LogP contribution in [0.4, 0.5) is 0 Å². The topological polar surface area (TPSA) is 71.8 Å². The summed E-state index contributed by atoms with van der Waals surface area (Å²) in [4.78, 5) is 12.0. The Kier molecular flexibility index (Phi) is 4.99. The van der Waals surface area contributed by atoms with Gasteiger partial charge in [0.15, 0.2) is 5.69 Å². The Morgan fingerprint density at radius 2 is 2.10 bits per heavy atom. The molecule has 1 atom stereocenters. The third-order valence-electron chi connectivity index (χ3n) is 4.11. The van der Waals surface area contributed by atoms with Crippen molar-refractivity contribution in [1.29, 1.82) is 0 Å². The Bertz CT molecular complexity index is 453. The smallest absolute Gasteiger partial charge is 0.273 e. The lowest BCUT2D eigenvalue weighted by atomic mass is 10.1. The van der Waals surface area contributed by atoms with Crippen molar-refractivity contribution in [2.45, 2.75) is 44.7 Å². The molecule has 2 heterocycles. The first kappa shape index (κ1) is 15.3. The highest BCUT2D eigenvalue weighted by molar-refractivity contribution is 5.92. The number of carbonyl (C=O) groups is 1. The van der Waals surface area contributed by atoms with Crippen molar-refractivity contribution in [1.82, 2.24) is 25.6 Å². The number of nitrogens with zero attached hydrogens (tertiary/aromatic N) is 3. The van der Waals surface area contributed by atoms with Gasteiger partial charge in [-0.2, -0.15) is 0 Å². The average Bonchev–Trinajstić information content (AvgIpc) is 3.17. The summed E-state index contributed by atoms with van der Waals surface area (Å²) in [6, 6.07) is 0.618. The molecule has 0 spiro atoms. The highest BCUT2D eigenvalue weighted by atomic mass is 35.5. The number of amides is 1. The lowest BCUT2D eigenvalue weighted by molar-refractivity contribution is 0.0930. The maximum absolute atomic E-state index is 12.0. The Morgan fingerprint density at radius 1 is 1.40 bits per heavy atom. The molecule has 2 N–H and O–H groups in total. The van der Waals surface area contributed by atoms with Crippen molar-refractivity contribution in [2.24, 2.45) is 5.92 Å². The van der Waals surface area contributed by atoms with Gasteiger partial charge in [-0.25, -0.2) is 4.68 Å². The van der Waals surface area contributed by atoms with Crippen LogP contribution in [-0.2, 0) is 0 Å². The number of aromatic nitrogens is 3. The third-order valence-corrected chi connectivity index (χ3v) is 4.11. The third kappa shape index (κ3) is 3.49. The molecule has 20 heavy (non-hydrogen) atoms. The molecule has 2 fully saturated rings. The van der Waals surface area contributed by atoms with E-state index in [1.807, 2.05) is 4.68 Å². The number of nitrogens with one attached hydrogen (secondary N) is 2. The van der Waals surface area contributed by atoms with Gasteiger partial charge in [0.1, 0.15) is 0 Å². The standard InChI is InChI=1S/C13H21N5O.ClH/c1-9(10-2-3-10)15-13(19)12-8-18(17-16-12)11-4-6-14-7-5-11;/h8-11,14H,2-7H2,1H3,(H,15,19);1H. The van der Waals surface area contributed by atoms with Crippen molar-refractivity contribution in [3.8, 4) is 0 Å². The summed E-state index contributed by atoms with van der Waals surface area (Å²) < 4.78 is 1.84. The molecule has 1 aromatic heterocycles. The number of hydrogen-bond donors (Lipinski definition) is 2. The fraction of sp³-hybridized carbons (Fsp3) is 0.769. The van der Waals surface area contributed by atoms with E-state index in [0.717, 1.165) is 25.9 Å². The predicted molar refractivity (Wildman–Crippen MR) is 78.1 cm³/mol. The van der Waals surface area contributed by atoms with Gasteiger partial charge < -0.3 is 10.6 Å². The van der Waals surface area contributed by atoms with E-state index < -0.39 is 0 Å². The van der Waals surface area contributed by atoms with Crippen LogP contribution in [0.1, 0.15) is 49.1 Å². The van der Waals surface area contributed by atoms with Crippen molar-refractivity contribution >= 4 is 18.3 Å². The monoisotopic (exact) mass is 299 g/mol. The van der Waals surface area contributed by atoms with Gasteiger partial charge in [0, 0.05) is 6.04 Å². The molecule has 0 radical (unpaired) electrons. The van der Waals surface area contributed by atoms with E-state index in [4.69, 9.17) is 0 Å². The summed E-state index contributed by atoms with van der Waals surface area (Å²) in [5.74, 6) is 0.558. The van der Waals surface area contributed by atoms with E-state index in [2.05, 4.69) is 27.9 Å². The van der Waals surface area contributed by atoms with Crippen LogP contribution in [0.5, 0.6) is 0 Å². The van der Waals surface area contributed by atoms with Gasteiger partial charge in [-0.1, -0.05) is 5.21 Å². The van der Waals surface area contributed by atoms with Gasteiger partial charge in [-0.15, -0.1) is 17.5 Å². The van der Waals surface area contributed by atoms with Gasteiger partial charge >= 0.3 is 0 Å². The molecule has 112 valence electrons. The predicted octanol–water partition coefficient (Wildman–Crippen LogP) is 1.15. The fourth-order valence-corrected chi connectivity index (χ4v) is 2.63. The summed E-state index contributed by atoms with van der Waals surface area (Å²) in [6.07, 6.45) is 6.32. The normalized spacial score (nSPS) is 21.1. The van der Waals surface area contributed by atoms with E-state index in [-0.39, 0.29) is 24.4 Å². The van der Waals surface area contributed by atoms with E-state index in [1.165, 1.54) is 12.8 Å². The van der Waals surface area contributed by atoms with Crippen LogP contribution in [-0.4, -0.2) is 40.0 Å². The molecule has 0 bridgehead atoms. The van der Waals surface area contributed by atoms with Gasteiger partial charge in [0.25, 0.3) is 5.91 Å². The van der Waals surface area contributed by atoms with Crippen molar-refractivity contribution in [3.05, 3.63) is 11.9 Å². The Morgan fingerprint density at radius 3 is 2.75 bits per heavy atom. The molecule has 0 aromatic carbocycles. The van der Waals surface area contributed by atoms with Gasteiger partial charge in [0.05, 0.1) is 12.2 Å². The maximum atomic E-state index is 12.0. The number of rotatable bonds is 4. The molecule has 1 aliphatic carbocycles. The number of halogens is 1. The summed E-state index contributed by atoms with van der Waals surface area (Å²) in [7, 11) is 0. The molecule has 7 heteroatoms. The molecule has 1 unspecified atom stereocenters. The van der Waals surface area contributed by atoms with Crippen LogP contribution in [0.15, 0.2) is 6.20 Å². The van der Waals surface area contributed by atoms with Crippen LogP contribution in [0.25, 0.3) is 0 Å². The number of piperidine rings is 1. The summed E-state index contributed by atoms with van der Waals surface area (Å²) in [5, 5.41) is 14.4. The minimum Gasteiger partial charge on any atom is -0.348 e. The number of hydrogen-bond acceptors (Lipinski definition) is 4. The Balaban J connectivity index is 0.00000147. The Hall–Kier alpha value is -1.14. The molecule has 1 aromatic rings. The minimum absolute atomic E-state index is 0. The Labute approximate surface area is 125 Å². The maximum Gasteiger partial charge on any atom is 0.273 e. The molecular formula is C13H22ClN5O. The van der Waals surface area contributed by atoms with Gasteiger partial charge in [-0.3, -0.25) is 4.79 Å². The second-order valence-corrected chi connectivity index (χ2v) is 5.66. The van der Waals surface area contributed by atoms with Crippen molar-refractivity contribution in [3.63, 3.8) is 0 Å². The first-order valence-corrected chi connectivity index (χ1v) is 7.17. The minimum atomic E-state index is -0.0976. The lowest BCUT2D eigenvalue weighted by Gasteiger charge is -2.22. The summed E-state index contributed by atoms with van der Waals surface area (Å²) in [6.45, 7) is 4.07. The largest absolute Gasteiger partial charge is 0.348 e. The highest BCUT2D eigenvalue weighted by Crippen LogP contribution is 2.32. The lowest BCUT2D eigenvalue weighted by Crippen LogP contribution is -2.34. The molecule has 1 amide bonds. The molecule has 1 saturated carbocycles. The zero-order chi connectivity index (χ0) is 13.2. The van der Waals surface area contributed by atoms with Crippen LogP contribution in [0, 0.1) is 5.92 Å². The summed E-state index contributed by atoms with van der Waals surface area (Å²) in [5.41, 5.74) is 0.436. The second-order valence-electron chi connectivity index (χ2n) is 5.66. The van der Waals surface area contributed by atoms with Crippen LogP contribution in [0.3, 0.4) is 0 Å². The zero-order valence-corrected chi connectivity index (χ0v) is 12.5. The molecule has 1 aliphatic heterocycles. The van der Waals surface area contributed by atoms with Crippen LogP contribution in [0.2, 0.25) is 0 Å². The van der Waals surface area contributed by atoms with Crippen LogP contribution >= 0.6 is 12.4 Å². The highest BCUT2D eigenvalue weighted by Gasteiger charge is 2.29. The number of carbonyl (C=O) groups excluding carboxylic acids is 1. The first-order valence-electron chi connectivity index (χ1n) is 7.17. The van der Waals surface area contributed by atoms with Crippen LogP contribution < -0.4 is 10.6 Å². The average molecular weight is 300 g/mol. The van der Waals surface area contributed by atoms with E-state index >= 15 is 0 Å². The molecule has 6 nitrogen and oxygen atoms in total. The quantitative estimate of drug-likeness (QED) is 0.875.